The number of hydrogen-bond acceptors (Lipinski definition) is 2. The van der Waals surface area contributed by atoms with Crippen molar-refractivity contribution in [1.82, 2.24) is 9.55 Å². The molecule has 9 aromatic carbocycles. The summed E-state index contributed by atoms with van der Waals surface area (Å²) in [6.45, 7) is 0. The van der Waals surface area contributed by atoms with Gasteiger partial charge in [-0.2, -0.15) is 0 Å². The first-order valence-electron chi connectivity index (χ1n) is 21.4. The molecule has 0 amide bonds. The van der Waals surface area contributed by atoms with E-state index in [1.54, 1.807) is 0 Å². The first-order chi connectivity index (χ1) is 30.7. The highest BCUT2D eigenvalue weighted by Crippen LogP contribution is 2.76. The van der Waals surface area contributed by atoms with Gasteiger partial charge in [0.15, 0.2) is 0 Å². The molecule has 0 saturated heterocycles. The van der Waals surface area contributed by atoms with Crippen molar-refractivity contribution < 1.29 is 4.79 Å². The molecule has 3 nitrogen and oxygen atoms in total. The Morgan fingerprint density at radius 1 is 0.387 bits per heavy atom. The van der Waals surface area contributed by atoms with Crippen LogP contribution >= 0.6 is 0 Å². The highest BCUT2D eigenvalue weighted by Gasteiger charge is 2.66. The van der Waals surface area contributed by atoms with Crippen LogP contribution in [-0.4, -0.2) is 15.5 Å². The predicted octanol–water partition coefficient (Wildman–Crippen LogP) is 13.8. The average molecular weight is 793 g/mol. The summed E-state index contributed by atoms with van der Waals surface area (Å²) in [7, 11) is 0. The van der Waals surface area contributed by atoms with Gasteiger partial charge in [0.2, 0.25) is 0 Å². The van der Waals surface area contributed by atoms with Crippen molar-refractivity contribution in [3.63, 3.8) is 0 Å². The Bertz CT molecular complexity index is 3410. The maximum absolute atomic E-state index is 15.8. The maximum atomic E-state index is 15.8. The van der Waals surface area contributed by atoms with E-state index >= 15 is 4.79 Å². The molecule has 1 aromatic heterocycles. The number of aromatic nitrogens is 2. The third-order valence-electron chi connectivity index (χ3n) is 13.4. The molecule has 62 heavy (non-hydrogen) atoms. The summed E-state index contributed by atoms with van der Waals surface area (Å²) in [4.78, 5) is 21.7. The molecule has 10 aromatic rings. The minimum atomic E-state index is -0.781. The molecule has 12 rings (SSSR count). The van der Waals surface area contributed by atoms with E-state index in [0.29, 0.717) is 17.8 Å². The van der Waals surface area contributed by atoms with Crippen molar-refractivity contribution in [3.05, 3.63) is 270 Å². The van der Waals surface area contributed by atoms with Crippen molar-refractivity contribution in [2.75, 3.05) is 0 Å². The van der Waals surface area contributed by atoms with Crippen molar-refractivity contribution in [3.8, 4) is 0 Å². The summed E-state index contributed by atoms with van der Waals surface area (Å²) in [5.41, 5.74) is 11.3. The standard InChI is InChI=1S/C59H40N2O/c62-57(43-29-13-4-14-30-43)61-55-49-38-22-20-36-47(49)46-35-19-21-37-48(46)54(55)60-56(61)53-52(42-27-11-3-12-28-42)58(44-31-15-5-16-32-44)39-59(53,45-33-17-6-18-34-45)51(41-25-9-2-10-26-41)50(58)40-23-7-1-8-24-40/h1-38H,39H2/t58-,59+/m1/s1. The van der Waals surface area contributed by atoms with Crippen LogP contribution in [0.5, 0.6) is 0 Å². The number of carbonyl (C=O) groups excluding carboxylic acids is 1. The number of nitrogens with zero attached hydrogens (tertiary/aromatic N) is 2. The summed E-state index contributed by atoms with van der Waals surface area (Å²) in [6.07, 6.45) is 0.701. The lowest BCUT2D eigenvalue weighted by Crippen LogP contribution is -2.29. The van der Waals surface area contributed by atoms with Gasteiger partial charge in [0.1, 0.15) is 5.82 Å². The van der Waals surface area contributed by atoms with Gasteiger partial charge < -0.3 is 0 Å². The minimum Gasteiger partial charge on any atom is -0.268 e. The molecular formula is C59H40N2O. The molecule has 2 aliphatic carbocycles. The lowest BCUT2D eigenvalue weighted by Gasteiger charge is -2.39. The fraction of sp³-hybridized carbons (Fsp3) is 0.0508. The van der Waals surface area contributed by atoms with Crippen LogP contribution in [0.15, 0.2) is 231 Å². The molecule has 0 fully saturated rings. The van der Waals surface area contributed by atoms with Crippen LogP contribution in [-0.2, 0) is 10.8 Å². The van der Waals surface area contributed by atoms with E-state index in [0.717, 1.165) is 60.4 Å². The maximum Gasteiger partial charge on any atom is 0.264 e. The normalized spacial score (nSPS) is 18.3. The van der Waals surface area contributed by atoms with Crippen molar-refractivity contribution in [2.45, 2.75) is 17.3 Å². The molecule has 0 aliphatic heterocycles. The quantitative estimate of drug-likeness (QED) is 0.151. The zero-order valence-electron chi connectivity index (χ0n) is 33.9. The smallest absolute Gasteiger partial charge is 0.264 e. The van der Waals surface area contributed by atoms with E-state index in [1.807, 2.05) is 34.9 Å². The second kappa shape index (κ2) is 14.1. The number of allylic oxidation sites excluding steroid dienone is 4. The number of hydrogen-bond donors (Lipinski definition) is 0. The Hall–Kier alpha value is -7.88. The van der Waals surface area contributed by atoms with Gasteiger partial charge >= 0.3 is 0 Å². The van der Waals surface area contributed by atoms with Crippen molar-refractivity contribution in [2.24, 2.45) is 0 Å². The fourth-order valence-electron chi connectivity index (χ4n) is 11.2. The van der Waals surface area contributed by atoms with Crippen LogP contribution in [0.4, 0.5) is 0 Å². The second-order valence-corrected chi connectivity index (χ2v) is 16.5. The Morgan fingerprint density at radius 2 is 0.742 bits per heavy atom. The molecule has 0 unspecified atom stereocenters. The van der Waals surface area contributed by atoms with Crippen LogP contribution in [0, 0.1) is 0 Å². The number of benzene rings is 9. The summed E-state index contributed by atoms with van der Waals surface area (Å²) in [5, 5.41) is 4.20. The molecule has 0 radical (unpaired) electrons. The van der Waals surface area contributed by atoms with Crippen molar-refractivity contribution in [1.29, 1.82) is 0 Å². The molecule has 3 heteroatoms. The van der Waals surface area contributed by atoms with Crippen molar-refractivity contribution >= 4 is 60.8 Å². The van der Waals surface area contributed by atoms with Crippen LogP contribution in [0.25, 0.3) is 54.9 Å². The summed E-state index contributed by atoms with van der Waals surface area (Å²) >= 11 is 0. The van der Waals surface area contributed by atoms with Gasteiger partial charge in [0.25, 0.3) is 5.91 Å². The molecule has 2 atom stereocenters. The molecular weight excluding hydrogens is 753 g/mol. The molecule has 2 aliphatic rings. The third kappa shape index (κ3) is 5.06. The van der Waals surface area contributed by atoms with E-state index in [-0.39, 0.29) is 5.91 Å². The summed E-state index contributed by atoms with van der Waals surface area (Å²) < 4.78 is 1.98. The number of rotatable bonds is 7. The Morgan fingerprint density at radius 3 is 1.23 bits per heavy atom. The van der Waals surface area contributed by atoms with Crippen LogP contribution in [0.1, 0.15) is 50.4 Å². The minimum absolute atomic E-state index is 0.114. The predicted molar refractivity (Wildman–Crippen MR) is 255 cm³/mol. The van der Waals surface area contributed by atoms with Gasteiger partial charge in [0.05, 0.1) is 16.4 Å². The zero-order chi connectivity index (χ0) is 41.3. The first kappa shape index (κ1) is 36.0. The van der Waals surface area contributed by atoms with Gasteiger partial charge in [0, 0.05) is 27.3 Å². The van der Waals surface area contributed by atoms with Crippen LogP contribution < -0.4 is 0 Å². The molecule has 1 heterocycles. The summed E-state index contributed by atoms with van der Waals surface area (Å²) in [6, 6.07) is 81.6. The van der Waals surface area contributed by atoms with E-state index in [9.17, 15) is 0 Å². The molecule has 2 bridgehead atoms. The average Bonchev–Trinajstić information content (AvgIpc) is 4.01. The Labute approximate surface area is 360 Å². The highest BCUT2D eigenvalue weighted by atomic mass is 16.2. The van der Waals surface area contributed by atoms with E-state index in [2.05, 4.69) is 200 Å². The topological polar surface area (TPSA) is 34.9 Å². The third-order valence-corrected chi connectivity index (χ3v) is 13.4. The number of carbonyl (C=O) groups is 1. The first-order valence-corrected chi connectivity index (χ1v) is 21.4. The van der Waals surface area contributed by atoms with Gasteiger partial charge in [-0.3, -0.25) is 9.36 Å². The molecule has 0 spiro atoms. The SMILES string of the molecule is O=C(c1ccccc1)n1c(C2=C(c3ccccc3)[C@@]3(c4ccccc4)C[C@]2(c2ccccc2)C(c2ccccc2)=C3c2ccccc2)nc2c3ccccc3c3ccccc3c21. The lowest BCUT2D eigenvalue weighted by molar-refractivity contribution is 0.0963. The van der Waals surface area contributed by atoms with E-state index in [1.165, 1.54) is 22.3 Å². The molecule has 0 saturated carbocycles. The Kier molecular flexibility index (Phi) is 8.20. The van der Waals surface area contributed by atoms with E-state index in [4.69, 9.17) is 4.98 Å². The monoisotopic (exact) mass is 792 g/mol. The zero-order valence-corrected chi connectivity index (χ0v) is 33.9. The van der Waals surface area contributed by atoms with Gasteiger partial charge in [-0.1, -0.05) is 218 Å². The second-order valence-electron chi connectivity index (χ2n) is 16.5. The lowest BCUT2D eigenvalue weighted by atomic mass is 9.63. The Balaban J connectivity index is 1.36. The largest absolute Gasteiger partial charge is 0.268 e. The van der Waals surface area contributed by atoms with Gasteiger partial charge in [-0.25, -0.2) is 4.98 Å². The highest BCUT2D eigenvalue weighted by molar-refractivity contribution is 6.28. The summed E-state index contributed by atoms with van der Waals surface area (Å²) in [5.74, 6) is 0.549. The van der Waals surface area contributed by atoms with Crippen LogP contribution in [0.3, 0.4) is 0 Å². The van der Waals surface area contributed by atoms with Gasteiger partial charge in [-0.05, 0) is 73.9 Å². The fourth-order valence-corrected chi connectivity index (χ4v) is 11.2. The van der Waals surface area contributed by atoms with Crippen LogP contribution in [0.2, 0.25) is 0 Å². The number of imidazole rings is 1. The van der Waals surface area contributed by atoms with E-state index < -0.39 is 10.8 Å². The number of fused-ring (bicyclic) bond motifs is 8. The molecule has 0 N–H and O–H groups in total. The van der Waals surface area contributed by atoms with Gasteiger partial charge in [-0.15, -0.1) is 0 Å². The molecule has 292 valence electrons.